The first-order valence-corrected chi connectivity index (χ1v) is 20.4. The van der Waals surface area contributed by atoms with E-state index < -0.39 is 25.9 Å². The lowest BCUT2D eigenvalue weighted by Gasteiger charge is -2.43. The van der Waals surface area contributed by atoms with E-state index in [1.54, 1.807) is 12.3 Å². The number of aromatic nitrogens is 1. The van der Waals surface area contributed by atoms with Crippen LogP contribution in [0.15, 0.2) is 95.9 Å². The van der Waals surface area contributed by atoms with E-state index in [-0.39, 0.29) is 35.8 Å². The SMILES string of the molecule is CC(C)(C)OC(=O)C(C[C@@H]1COCCO1)n1cc2c(cc1=O)-c1cc(Cl)ccc1CC(CO[Si](c1ccccc1)(c1ccccc1)C(C)(C)C)OC2. The van der Waals surface area contributed by atoms with Gasteiger partial charge in [-0.2, -0.15) is 0 Å². The molecule has 52 heavy (non-hydrogen) atoms. The van der Waals surface area contributed by atoms with Crippen LogP contribution in [0.5, 0.6) is 0 Å². The molecule has 0 amide bonds. The fourth-order valence-electron chi connectivity index (χ4n) is 7.39. The second-order valence-electron chi connectivity index (χ2n) is 15.7. The van der Waals surface area contributed by atoms with Gasteiger partial charge in [0.05, 0.1) is 45.2 Å². The standard InChI is InChI=1S/C42H50ClNO7Si/c1-41(2,3)51-40(46)38(23-33-27-47-19-20-48-33)44-25-30-26-49-32(21-29-17-18-31(43)22-36(29)37(30)24-39(44)45)28-50-52(42(4,5)6,34-13-9-7-10-14-34)35-15-11-8-12-16-35/h7-18,22,24-25,32-33,38H,19-21,23,26-28H2,1-6H3/t32?,33-,38?/m1/s1. The van der Waals surface area contributed by atoms with Gasteiger partial charge in [0.1, 0.15) is 11.6 Å². The number of carbonyl (C=O) groups is 1. The Morgan fingerprint density at radius 1 is 0.865 bits per heavy atom. The van der Waals surface area contributed by atoms with Gasteiger partial charge in [-0.15, -0.1) is 0 Å². The first-order chi connectivity index (χ1) is 24.7. The fourth-order valence-corrected chi connectivity index (χ4v) is 12.2. The molecule has 0 saturated carbocycles. The van der Waals surface area contributed by atoms with Crippen LogP contribution in [0.25, 0.3) is 11.1 Å². The molecule has 2 unspecified atom stereocenters. The van der Waals surface area contributed by atoms with Crippen LogP contribution in [0.1, 0.15) is 65.1 Å². The van der Waals surface area contributed by atoms with Crippen molar-refractivity contribution in [1.82, 2.24) is 4.57 Å². The van der Waals surface area contributed by atoms with E-state index in [1.807, 2.05) is 51.1 Å². The number of fused-ring (bicyclic) bond motifs is 3. The van der Waals surface area contributed by atoms with Crippen LogP contribution in [-0.2, 0) is 41.2 Å². The molecule has 2 aliphatic heterocycles. The number of hydrogen-bond donors (Lipinski definition) is 0. The summed E-state index contributed by atoms with van der Waals surface area (Å²) >= 11 is 6.59. The van der Waals surface area contributed by atoms with Crippen LogP contribution in [-0.4, -0.2) is 63.1 Å². The first-order valence-electron chi connectivity index (χ1n) is 18.1. The second-order valence-corrected chi connectivity index (χ2v) is 20.5. The molecule has 1 fully saturated rings. The molecule has 276 valence electrons. The second kappa shape index (κ2) is 15.8. The summed E-state index contributed by atoms with van der Waals surface area (Å²) in [5.74, 6) is -0.504. The van der Waals surface area contributed by atoms with Crippen molar-refractivity contribution in [3.8, 4) is 11.1 Å². The number of benzene rings is 3. The molecular weight excluding hydrogens is 694 g/mol. The third-order valence-electron chi connectivity index (χ3n) is 9.74. The number of carbonyl (C=O) groups excluding carboxylic acids is 1. The summed E-state index contributed by atoms with van der Waals surface area (Å²) in [6, 6.07) is 27.6. The third-order valence-corrected chi connectivity index (χ3v) is 15.0. The number of halogens is 1. The highest BCUT2D eigenvalue weighted by Crippen LogP contribution is 2.38. The van der Waals surface area contributed by atoms with E-state index in [1.165, 1.54) is 14.9 Å². The predicted octanol–water partition coefficient (Wildman–Crippen LogP) is 6.87. The van der Waals surface area contributed by atoms with Crippen molar-refractivity contribution in [2.45, 2.75) is 89.9 Å². The average molecular weight is 744 g/mol. The Kier molecular flexibility index (Phi) is 11.6. The molecule has 1 aromatic heterocycles. The lowest BCUT2D eigenvalue weighted by molar-refractivity contribution is -0.162. The molecule has 3 atom stereocenters. The molecule has 1 saturated heterocycles. The average Bonchev–Trinajstić information content (AvgIpc) is 3.10. The van der Waals surface area contributed by atoms with Crippen LogP contribution in [0.3, 0.4) is 0 Å². The van der Waals surface area contributed by atoms with Gasteiger partial charge < -0.3 is 27.9 Å². The molecule has 6 rings (SSSR count). The Hall–Kier alpha value is -3.57. The first kappa shape index (κ1) is 38.2. The molecule has 10 heteroatoms. The molecule has 0 aliphatic carbocycles. The van der Waals surface area contributed by atoms with Gasteiger partial charge in [-0.1, -0.05) is 99.1 Å². The van der Waals surface area contributed by atoms with Gasteiger partial charge >= 0.3 is 5.97 Å². The zero-order chi connectivity index (χ0) is 37.1. The summed E-state index contributed by atoms with van der Waals surface area (Å²) in [4.78, 5) is 27.7. The van der Waals surface area contributed by atoms with Gasteiger partial charge in [0.15, 0.2) is 0 Å². The number of nitrogens with zero attached hydrogens (tertiary/aromatic N) is 1. The molecule has 2 aliphatic rings. The van der Waals surface area contributed by atoms with E-state index in [2.05, 4.69) is 69.3 Å². The quantitative estimate of drug-likeness (QED) is 0.137. The van der Waals surface area contributed by atoms with Gasteiger partial charge in [-0.25, -0.2) is 4.79 Å². The summed E-state index contributed by atoms with van der Waals surface area (Å²) in [5.41, 5.74) is 2.27. The van der Waals surface area contributed by atoms with Crippen molar-refractivity contribution in [2.24, 2.45) is 0 Å². The molecule has 0 bridgehead atoms. The summed E-state index contributed by atoms with van der Waals surface area (Å²) in [6.07, 6.45) is 1.86. The van der Waals surface area contributed by atoms with E-state index in [0.717, 1.165) is 22.3 Å². The minimum absolute atomic E-state index is 0.195. The predicted molar refractivity (Wildman–Crippen MR) is 207 cm³/mol. The van der Waals surface area contributed by atoms with E-state index in [4.69, 9.17) is 35.0 Å². The lowest BCUT2D eigenvalue weighted by Crippen LogP contribution is -2.67. The smallest absolute Gasteiger partial charge is 0.329 e. The molecule has 0 spiro atoms. The summed E-state index contributed by atoms with van der Waals surface area (Å²) in [7, 11) is -2.84. The number of rotatable bonds is 9. The number of ether oxygens (including phenoxy) is 4. The van der Waals surface area contributed by atoms with Crippen LogP contribution in [0, 0.1) is 0 Å². The zero-order valence-corrected chi connectivity index (χ0v) is 32.8. The van der Waals surface area contributed by atoms with Crippen LogP contribution in [0.2, 0.25) is 10.1 Å². The van der Waals surface area contributed by atoms with Crippen LogP contribution in [0.4, 0.5) is 0 Å². The summed E-state index contributed by atoms with van der Waals surface area (Å²) in [6.45, 7) is 14.0. The van der Waals surface area contributed by atoms with Crippen molar-refractivity contribution in [1.29, 1.82) is 0 Å². The summed E-state index contributed by atoms with van der Waals surface area (Å²) in [5, 5.41) is 2.76. The monoisotopic (exact) mass is 743 g/mol. The van der Waals surface area contributed by atoms with Gasteiger partial charge in [-0.05, 0) is 65.0 Å². The van der Waals surface area contributed by atoms with Crippen molar-refractivity contribution in [3.05, 3.63) is 118 Å². The molecule has 3 heterocycles. The van der Waals surface area contributed by atoms with Gasteiger partial charge in [0, 0.05) is 35.7 Å². The Labute approximate surface area is 313 Å². The molecule has 0 radical (unpaired) electrons. The molecule has 0 N–H and O–H groups in total. The van der Waals surface area contributed by atoms with Crippen molar-refractivity contribution in [2.75, 3.05) is 26.4 Å². The maximum absolute atomic E-state index is 14.0. The van der Waals surface area contributed by atoms with Gasteiger partial charge in [0.2, 0.25) is 0 Å². The summed E-state index contributed by atoms with van der Waals surface area (Å²) < 4.78 is 32.9. The molecule has 3 aromatic carbocycles. The number of esters is 1. The molecular formula is C42H50ClNO7Si. The van der Waals surface area contributed by atoms with Crippen LogP contribution >= 0.6 is 11.6 Å². The van der Waals surface area contributed by atoms with Gasteiger partial charge in [0.25, 0.3) is 13.9 Å². The minimum atomic E-state index is -2.84. The maximum atomic E-state index is 14.0. The van der Waals surface area contributed by atoms with Gasteiger partial charge in [-0.3, -0.25) is 4.79 Å². The Balaban J connectivity index is 1.38. The van der Waals surface area contributed by atoms with Crippen LogP contribution < -0.4 is 15.9 Å². The van der Waals surface area contributed by atoms with E-state index in [9.17, 15) is 9.59 Å². The Morgan fingerprint density at radius 3 is 2.12 bits per heavy atom. The molecule has 4 aromatic rings. The highest BCUT2D eigenvalue weighted by molar-refractivity contribution is 6.99. The van der Waals surface area contributed by atoms with E-state index >= 15 is 0 Å². The highest BCUT2D eigenvalue weighted by Gasteiger charge is 2.50. The van der Waals surface area contributed by atoms with Crippen molar-refractivity contribution < 1.29 is 28.2 Å². The normalized spacial score (nSPS) is 18.8. The number of hydrogen-bond acceptors (Lipinski definition) is 7. The minimum Gasteiger partial charge on any atom is -0.458 e. The molecule has 8 nitrogen and oxygen atoms in total. The Morgan fingerprint density at radius 2 is 1.52 bits per heavy atom. The number of pyridine rings is 1. The van der Waals surface area contributed by atoms with E-state index in [0.29, 0.717) is 37.9 Å². The van der Waals surface area contributed by atoms with Crippen molar-refractivity contribution >= 4 is 36.3 Å². The fraction of sp³-hybridized carbons (Fsp3) is 0.429. The zero-order valence-electron chi connectivity index (χ0n) is 31.0. The third kappa shape index (κ3) is 8.46. The maximum Gasteiger partial charge on any atom is 0.329 e. The Bertz CT molecular complexity index is 1860. The topological polar surface area (TPSA) is 85.2 Å². The van der Waals surface area contributed by atoms with Crippen molar-refractivity contribution in [3.63, 3.8) is 0 Å². The highest BCUT2D eigenvalue weighted by atomic mass is 35.5. The largest absolute Gasteiger partial charge is 0.458 e. The lowest BCUT2D eigenvalue weighted by atomic mass is 9.92.